The van der Waals surface area contributed by atoms with E-state index in [0.29, 0.717) is 28.9 Å². The summed E-state index contributed by atoms with van der Waals surface area (Å²) in [5, 5.41) is 16.8. The Hall–Kier alpha value is -2.36. The van der Waals surface area contributed by atoms with Crippen molar-refractivity contribution in [2.75, 3.05) is 17.2 Å². The molecule has 3 aliphatic carbocycles. The van der Waals surface area contributed by atoms with Crippen LogP contribution in [0.3, 0.4) is 0 Å². The maximum atomic E-state index is 9.43. The van der Waals surface area contributed by atoms with E-state index in [2.05, 4.69) is 26.7 Å². The maximum absolute atomic E-state index is 9.43. The van der Waals surface area contributed by atoms with E-state index in [1.165, 1.54) is 0 Å². The first-order valence-corrected chi connectivity index (χ1v) is 10.2. The van der Waals surface area contributed by atoms with Crippen LogP contribution in [0.2, 0.25) is 5.02 Å². The zero-order valence-electron chi connectivity index (χ0n) is 15.8. The third-order valence-electron chi connectivity index (χ3n) is 6.39. The third-order valence-corrected chi connectivity index (χ3v) is 6.76. The fourth-order valence-electron chi connectivity index (χ4n) is 4.33. The number of anilines is 2. The molecule has 3 saturated carbocycles. The highest BCUT2D eigenvalue weighted by molar-refractivity contribution is 6.31. The van der Waals surface area contributed by atoms with Crippen molar-refractivity contribution in [1.82, 2.24) is 9.97 Å². The molecule has 7 heteroatoms. The lowest BCUT2D eigenvalue weighted by atomic mass is 9.57. The van der Waals surface area contributed by atoms with Gasteiger partial charge in [-0.05, 0) is 55.6 Å². The van der Waals surface area contributed by atoms with Crippen LogP contribution in [-0.2, 0) is 6.54 Å². The van der Waals surface area contributed by atoms with Gasteiger partial charge >= 0.3 is 0 Å². The van der Waals surface area contributed by atoms with E-state index in [9.17, 15) is 5.26 Å². The van der Waals surface area contributed by atoms with Crippen molar-refractivity contribution in [3.05, 3.63) is 46.6 Å². The van der Waals surface area contributed by atoms with Crippen molar-refractivity contribution < 1.29 is 0 Å². The number of benzene rings is 1. The van der Waals surface area contributed by atoms with Gasteiger partial charge in [-0.2, -0.15) is 10.2 Å². The second-order valence-corrected chi connectivity index (χ2v) is 8.64. The molecule has 0 atom stereocenters. The van der Waals surface area contributed by atoms with E-state index in [-0.39, 0.29) is 11.0 Å². The number of fused-ring (bicyclic) bond motifs is 3. The summed E-state index contributed by atoms with van der Waals surface area (Å²) in [5.41, 5.74) is 8.18. The van der Waals surface area contributed by atoms with Crippen LogP contribution >= 0.6 is 11.6 Å². The predicted octanol–water partition coefficient (Wildman–Crippen LogP) is 4.08. The molecule has 1 aromatic carbocycles. The zero-order valence-corrected chi connectivity index (χ0v) is 16.6. The number of hydrogen-bond acceptors (Lipinski definition) is 6. The molecule has 0 unspecified atom stereocenters. The third kappa shape index (κ3) is 3.91. The second kappa shape index (κ2) is 7.57. The van der Waals surface area contributed by atoms with E-state index in [1.54, 1.807) is 6.20 Å². The number of nitrogens with two attached hydrogens (primary N) is 1. The van der Waals surface area contributed by atoms with Crippen molar-refractivity contribution in [2.24, 2.45) is 11.1 Å². The number of rotatable bonds is 6. The Morgan fingerprint density at radius 1 is 1.11 bits per heavy atom. The zero-order chi connectivity index (χ0) is 19.6. The maximum Gasteiger partial charge on any atom is 0.224 e. The van der Waals surface area contributed by atoms with Crippen molar-refractivity contribution in [3.8, 4) is 6.07 Å². The number of halogens is 1. The van der Waals surface area contributed by atoms with E-state index < -0.39 is 0 Å². The normalized spacial score (nSPS) is 25.9. The lowest BCUT2D eigenvalue weighted by Gasteiger charge is -2.52. The van der Waals surface area contributed by atoms with Crippen molar-refractivity contribution in [1.29, 1.82) is 5.26 Å². The van der Waals surface area contributed by atoms with Gasteiger partial charge in [-0.3, -0.25) is 0 Å². The number of nitrogens with zero attached hydrogens (tertiary/aromatic N) is 3. The van der Waals surface area contributed by atoms with Crippen molar-refractivity contribution in [2.45, 2.75) is 50.6 Å². The topological polar surface area (TPSA) is 99.6 Å². The Labute approximate surface area is 170 Å². The molecule has 1 aromatic heterocycles. The van der Waals surface area contributed by atoms with Crippen LogP contribution in [0, 0.1) is 16.7 Å². The minimum absolute atomic E-state index is 0.0598. The molecule has 4 N–H and O–H groups in total. The summed E-state index contributed by atoms with van der Waals surface area (Å²) in [7, 11) is 0. The highest BCUT2D eigenvalue weighted by Crippen LogP contribution is 2.51. The fraction of sp³-hybridized carbons (Fsp3) is 0.476. The standard InChI is InChI=1S/C21H25ClN6/c22-17-4-2-1-3-15(17)12-25-19-26-13-16(11-23)18(28-19)27-14-20-5-8-21(24,9-6-20)10-7-20/h1-4,13H,5-10,12,14,24H2,(H2,25,26,27,28). The van der Waals surface area contributed by atoms with Gasteiger partial charge in [-0.1, -0.05) is 29.8 Å². The van der Waals surface area contributed by atoms with Crippen molar-refractivity contribution >= 4 is 23.4 Å². The summed E-state index contributed by atoms with van der Waals surface area (Å²) in [6, 6.07) is 9.84. The molecule has 3 aliphatic rings. The Morgan fingerprint density at radius 2 is 1.82 bits per heavy atom. The van der Waals surface area contributed by atoms with Gasteiger partial charge in [0.25, 0.3) is 0 Å². The quantitative estimate of drug-likeness (QED) is 0.680. The molecule has 2 aromatic rings. The summed E-state index contributed by atoms with van der Waals surface area (Å²) in [6.07, 6.45) is 8.26. The fourth-order valence-corrected chi connectivity index (χ4v) is 4.53. The minimum atomic E-state index is 0.0598. The number of nitrogens with one attached hydrogen (secondary N) is 2. The van der Waals surface area contributed by atoms with E-state index in [1.807, 2.05) is 24.3 Å². The molecule has 0 aliphatic heterocycles. The Bertz CT molecular complexity index is 881. The van der Waals surface area contributed by atoms with Crippen LogP contribution < -0.4 is 16.4 Å². The Balaban J connectivity index is 1.44. The average Bonchev–Trinajstić information content (AvgIpc) is 2.73. The molecule has 6 nitrogen and oxygen atoms in total. The van der Waals surface area contributed by atoms with Gasteiger partial charge < -0.3 is 16.4 Å². The van der Waals surface area contributed by atoms with Crippen LogP contribution in [-0.4, -0.2) is 22.1 Å². The van der Waals surface area contributed by atoms with Gasteiger partial charge in [-0.25, -0.2) is 4.98 Å². The molecule has 0 saturated heterocycles. The summed E-state index contributed by atoms with van der Waals surface area (Å²) in [5.74, 6) is 1.07. The van der Waals surface area contributed by atoms with Crippen LogP contribution in [0.25, 0.3) is 0 Å². The monoisotopic (exact) mass is 396 g/mol. The molecule has 5 rings (SSSR count). The van der Waals surface area contributed by atoms with E-state index in [0.717, 1.165) is 50.6 Å². The SMILES string of the molecule is N#Cc1cnc(NCc2ccccc2Cl)nc1NCC12CCC(N)(CC1)CC2. The van der Waals surface area contributed by atoms with Gasteiger partial charge in [0.05, 0.1) is 6.20 Å². The average molecular weight is 397 g/mol. The number of nitriles is 1. The summed E-state index contributed by atoms with van der Waals surface area (Å²) >= 11 is 6.20. The first kappa shape index (κ1) is 19.0. The molecule has 0 spiro atoms. The molecule has 1 heterocycles. The van der Waals surface area contributed by atoms with E-state index in [4.69, 9.17) is 17.3 Å². The Morgan fingerprint density at radius 3 is 2.50 bits per heavy atom. The van der Waals surface area contributed by atoms with Gasteiger partial charge in [0.15, 0.2) is 0 Å². The number of aromatic nitrogens is 2. The highest BCUT2D eigenvalue weighted by Gasteiger charge is 2.46. The predicted molar refractivity (Wildman–Crippen MR) is 111 cm³/mol. The van der Waals surface area contributed by atoms with Crippen LogP contribution in [0.4, 0.5) is 11.8 Å². The smallest absolute Gasteiger partial charge is 0.224 e. The van der Waals surface area contributed by atoms with Crippen LogP contribution in [0.5, 0.6) is 0 Å². The van der Waals surface area contributed by atoms with Crippen LogP contribution in [0.1, 0.15) is 49.7 Å². The van der Waals surface area contributed by atoms with E-state index >= 15 is 0 Å². The molecule has 146 valence electrons. The summed E-state index contributed by atoms with van der Waals surface area (Å²) < 4.78 is 0. The van der Waals surface area contributed by atoms with Gasteiger partial charge in [0, 0.05) is 23.7 Å². The second-order valence-electron chi connectivity index (χ2n) is 8.23. The largest absolute Gasteiger partial charge is 0.368 e. The van der Waals surface area contributed by atoms with Gasteiger partial charge in [0.1, 0.15) is 17.5 Å². The van der Waals surface area contributed by atoms with Gasteiger partial charge in [0.2, 0.25) is 5.95 Å². The lowest BCUT2D eigenvalue weighted by molar-refractivity contribution is 0.0556. The molecular weight excluding hydrogens is 372 g/mol. The summed E-state index contributed by atoms with van der Waals surface area (Å²) in [4.78, 5) is 8.80. The molecule has 3 fully saturated rings. The minimum Gasteiger partial charge on any atom is -0.368 e. The summed E-state index contributed by atoms with van der Waals surface area (Å²) in [6.45, 7) is 1.34. The highest BCUT2D eigenvalue weighted by atomic mass is 35.5. The molecular formula is C21H25ClN6. The molecule has 0 radical (unpaired) electrons. The van der Waals surface area contributed by atoms with Gasteiger partial charge in [-0.15, -0.1) is 0 Å². The Kier molecular flexibility index (Phi) is 5.13. The van der Waals surface area contributed by atoms with Crippen LogP contribution in [0.15, 0.2) is 30.5 Å². The molecule has 0 amide bonds. The number of hydrogen-bond donors (Lipinski definition) is 3. The lowest BCUT2D eigenvalue weighted by Crippen LogP contribution is -2.53. The van der Waals surface area contributed by atoms with Crippen molar-refractivity contribution in [3.63, 3.8) is 0 Å². The first-order valence-electron chi connectivity index (χ1n) is 9.78. The molecule has 28 heavy (non-hydrogen) atoms. The molecule has 2 bridgehead atoms. The first-order chi connectivity index (χ1) is 13.5.